The van der Waals surface area contributed by atoms with Gasteiger partial charge in [0.25, 0.3) is 0 Å². The third kappa shape index (κ3) is 7.53. The molecule has 130 valence electrons. The summed E-state index contributed by atoms with van der Waals surface area (Å²) in [6, 6.07) is 0. The predicted molar refractivity (Wildman–Crippen MR) is 97.0 cm³/mol. The van der Waals surface area contributed by atoms with Crippen molar-refractivity contribution < 1.29 is 0 Å². The molecule has 0 aromatic carbocycles. The monoisotopic (exact) mass is 309 g/mol. The van der Waals surface area contributed by atoms with Gasteiger partial charge in [0.15, 0.2) is 0 Å². The molecule has 0 spiro atoms. The third-order valence-electron chi connectivity index (χ3n) is 5.15. The Morgan fingerprint density at radius 2 is 1.36 bits per heavy atom. The van der Waals surface area contributed by atoms with Gasteiger partial charge >= 0.3 is 0 Å². The van der Waals surface area contributed by atoms with Gasteiger partial charge in [0.1, 0.15) is 0 Å². The zero-order valence-corrected chi connectivity index (χ0v) is 15.3. The van der Waals surface area contributed by atoms with Crippen molar-refractivity contribution in [3.8, 4) is 0 Å². The van der Waals surface area contributed by atoms with Crippen LogP contribution in [0.4, 0.5) is 0 Å². The molecule has 0 aliphatic carbocycles. The molecule has 1 rings (SSSR count). The van der Waals surface area contributed by atoms with E-state index < -0.39 is 0 Å². The van der Waals surface area contributed by atoms with Gasteiger partial charge in [0.05, 0.1) is 5.54 Å². The standard InChI is InChI=1S/C19H39N3/c1-4-6-7-8-9-10-11-12-13-14-15-16-19(3,5-2)22-18-17-20-21-22/h17-18,20-21H,4-16H2,1-3H3. The highest BCUT2D eigenvalue weighted by atomic mass is 15.7. The molecule has 3 heteroatoms. The van der Waals surface area contributed by atoms with Crippen molar-refractivity contribution >= 4 is 0 Å². The Hall–Kier alpha value is -0.700. The van der Waals surface area contributed by atoms with Crippen LogP contribution in [0.5, 0.6) is 0 Å². The second-order valence-corrected chi connectivity index (χ2v) is 7.08. The van der Waals surface area contributed by atoms with Crippen LogP contribution < -0.4 is 11.0 Å². The van der Waals surface area contributed by atoms with Crippen LogP contribution in [-0.4, -0.2) is 10.5 Å². The molecule has 0 saturated carbocycles. The normalized spacial score (nSPS) is 16.8. The molecule has 0 saturated heterocycles. The molecule has 1 atom stereocenters. The maximum absolute atomic E-state index is 3.21. The summed E-state index contributed by atoms with van der Waals surface area (Å²) in [6.45, 7) is 6.93. The molecule has 0 fully saturated rings. The number of hydrogen-bond acceptors (Lipinski definition) is 3. The van der Waals surface area contributed by atoms with Gasteiger partial charge in [-0.25, -0.2) is 0 Å². The van der Waals surface area contributed by atoms with Crippen LogP contribution in [0.3, 0.4) is 0 Å². The summed E-state index contributed by atoms with van der Waals surface area (Å²) in [5.41, 5.74) is 6.50. The third-order valence-corrected chi connectivity index (χ3v) is 5.15. The average Bonchev–Trinajstić information content (AvgIpc) is 3.07. The lowest BCUT2D eigenvalue weighted by Crippen LogP contribution is -2.50. The first kappa shape index (κ1) is 19.3. The lowest BCUT2D eigenvalue weighted by Gasteiger charge is -2.37. The van der Waals surface area contributed by atoms with Crippen LogP contribution in [0.2, 0.25) is 0 Å². The fourth-order valence-corrected chi connectivity index (χ4v) is 3.21. The Kier molecular flexibility index (Phi) is 10.4. The van der Waals surface area contributed by atoms with Crippen LogP contribution in [0, 0.1) is 0 Å². The highest BCUT2D eigenvalue weighted by Gasteiger charge is 2.28. The quantitative estimate of drug-likeness (QED) is 0.406. The van der Waals surface area contributed by atoms with Crippen LogP contribution in [0.25, 0.3) is 0 Å². The fraction of sp³-hybridized carbons (Fsp3) is 0.895. The topological polar surface area (TPSA) is 27.3 Å². The van der Waals surface area contributed by atoms with E-state index in [1.165, 1.54) is 83.5 Å². The molecular formula is C19H39N3. The largest absolute Gasteiger partial charge is 0.310 e. The van der Waals surface area contributed by atoms with Crippen molar-refractivity contribution in [3.63, 3.8) is 0 Å². The van der Waals surface area contributed by atoms with Gasteiger partial charge in [-0.2, -0.15) is 0 Å². The molecule has 2 N–H and O–H groups in total. The predicted octanol–water partition coefficient (Wildman–Crippen LogP) is 5.65. The number of nitrogens with zero attached hydrogens (tertiary/aromatic N) is 1. The molecule has 22 heavy (non-hydrogen) atoms. The first-order chi connectivity index (χ1) is 10.7. The second-order valence-electron chi connectivity index (χ2n) is 7.08. The van der Waals surface area contributed by atoms with Gasteiger partial charge in [-0.15, -0.1) is 5.53 Å². The van der Waals surface area contributed by atoms with Crippen molar-refractivity contribution in [2.24, 2.45) is 0 Å². The number of rotatable bonds is 14. The smallest absolute Gasteiger partial charge is 0.0544 e. The summed E-state index contributed by atoms with van der Waals surface area (Å²) in [5.74, 6) is 0. The summed E-state index contributed by atoms with van der Waals surface area (Å²) < 4.78 is 0. The zero-order chi connectivity index (χ0) is 16.1. The number of unbranched alkanes of at least 4 members (excludes halogenated alkanes) is 10. The summed E-state index contributed by atoms with van der Waals surface area (Å²) in [4.78, 5) is 0. The van der Waals surface area contributed by atoms with Crippen molar-refractivity contribution in [1.82, 2.24) is 16.0 Å². The SMILES string of the molecule is CCCCCCCCCCCCCC(C)(CC)N1C=CNN1. The Morgan fingerprint density at radius 3 is 1.82 bits per heavy atom. The molecule has 0 bridgehead atoms. The van der Waals surface area contributed by atoms with Gasteiger partial charge in [0.2, 0.25) is 0 Å². The summed E-state index contributed by atoms with van der Waals surface area (Å²) in [7, 11) is 0. The van der Waals surface area contributed by atoms with E-state index in [0.717, 1.165) is 0 Å². The molecule has 1 heterocycles. The lowest BCUT2D eigenvalue weighted by atomic mass is 9.90. The minimum Gasteiger partial charge on any atom is -0.310 e. The van der Waals surface area contributed by atoms with Gasteiger partial charge in [-0.3, -0.25) is 5.01 Å². The Balaban J connectivity index is 1.95. The Morgan fingerprint density at radius 1 is 0.818 bits per heavy atom. The Labute approximate surface area is 138 Å². The summed E-state index contributed by atoms with van der Waals surface area (Å²) >= 11 is 0. The Bertz CT molecular complexity index is 290. The number of hydrazine groups is 2. The molecule has 0 radical (unpaired) electrons. The van der Waals surface area contributed by atoms with Crippen molar-refractivity contribution in [3.05, 3.63) is 12.4 Å². The number of nitrogens with one attached hydrogen (secondary N) is 2. The van der Waals surface area contributed by atoms with E-state index in [1.807, 2.05) is 6.20 Å². The highest BCUT2D eigenvalue weighted by molar-refractivity contribution is 4.94. The van der Waals surface area contributed by atoms with E-state index in [1.54, 1.807) is 0 Å². The van der Waals surface area contributed by atoms with Crippen molar-refractivity contribution in [2.75, 3.05) is 0 Å². The minimum absolute atomic E-state index is 0.235. The molecule has 0 aromatic heterocycles. The number of hydrogen-bond donors (Lipinski definition) is 2. The van der Waals surface area contributed by atoms with Crippen molar-refractivity contribution in [2.45, 2.75) is 110 Å². The molecule has 0 aromatic rings. The zero-order valence-electron chi connectivity index (χ0n) is 15.3. The van der Waals surface area contributed by atoms with E-state index in [9.17, 15) is 0 Å². The van der Waals surface area contributed by atoms with Crippen LogP contribution in [0.1, 0.15) is 104 Å². The maximum Gasteiger partial charge on any atom is 0.0544 e. The van der Waals surface area contributed by atoms with Crippen LogP contribution in [0.15, 0.2) is 12.4 Å². The fourth-order valence-electron chi connectivity index (χ4n) is 3.21. The van der Waals surface area contributed by atoms with Gasteiger partial charge < -0.3 is 5.43 Å². The minimum atomic E-state index is 0.235. The van der Waals surface area contributed by atoms with E-state index in [4.69, 9.17) is 0 Å². The first-order valence-electron chi connectivity index (χ1n) is 9.70. The first-order valence-corrected chi connectivity index (χ1v) is 9.70. The van der Waals surface area contributed by atoms with Gasteiger partial charge in [0, 0.05) is 12.4 Å². The molecule has 0 amide bonds. The molecule has 1 unspecified atom stereocenters. The molecule has 3 nitrogen and oxygen atoms in total. The van der Waals surface area contributed by atoms with Gasteiger partial charge in [-0.05, 0) is 19.8 Å². The van der Waals surface area contributed by atoms with E-state index in [0.29, 0.717) is 0 Å². The van der Waals surface area contributed by atoms with Crippen LogP contribution in [-0.2, 0) is 0 Å². The maximum atomic E-state index is 3.21. The summed E-state index contributed by atoms with van der Waals surface area (Å²) in [5, 5.41) is 2.23. The van der Waals surface area contributed by atoms with E-state index in [-0.39, 0.29) is 5.54 Å². The molecule has 1 aliphatic heterocycles. The average molecular weight is 310 g/mol. The van der Waals surface area contributed by atoms with E-state index >= 15 is 0 Å². The molecule has 1 aliphatic rings. The molecular weight excluding hydrogens is 270 g/mol. The second kappa shape index (κ2) is 11.8. The lowest BCUT2D eigenvalue weighted by molar-refractivity contribution is 0.0887. The highest BCUT2D eigenvalue weighted by Crippen LogP contribution is 2.26. The van der Waals surface area contributed by atoms with Gasteiger partial charge in [-0.1, -0.05) is 84.5 Å². The van der Waals surface area contributed by atoms with E-state index in [2.05, 4.69) is 42.9 Å². The summed E-state index contributed by atoms with van der Waals surface area (Å²) in [6.07, 6.45) is 22.1. The van der Waals surface area contributed by atoms with Crippen molar-refractivity contribution in [1.29, 1.82) is 0 Å². The van der Waals surface area contributed by atoms with Crippen LogP contribution >= 0.6 is 0 Å².